The Balaban J connectivity index is 3.15. The SMILES string of the molecule is CCNC(=O)c1ccc([N+](=O)[O-])c(NC(CO)C(C)C)c1. The molecule has 0 aliphatic carbocycles. The second-order valence-corrected chi connectivity index (χ2v) is 5.03. The molecule has 1 amide bonds. The summed E-state index contributed by atoms with van der Waals surface area (Å²) in [5.74, 6) is -0.205. The van der Waals surface area contributed by atoms with Crippen molar-refractivity contribution in [1.82, 2.24) is 5.32 Å². The van der Waals surface area contributed by atoms with E-state index in [1.54, 1.807) is 6.92 Å². The molecule has 0 aliphatic rings. The first kappa shape index (κ1) is 16.9. The van der Waals surface area contributed by atoms with Crippen molar-refractivity contribution in [3.63, 3.8) is 0 Å². The van der Waals surface area contributed by atoms with Crippen LogP contribution in [0.4, 0.5) is 11.4 Å². The number of amides is 1. The van der Waals surface area contributed by atoms with Gasteiger partial charge in [0.05, 0.1) is 17.6 Å². The summed E-state index contributed by atoms with van der Waals surface area (Å²) >= 11 is 0. The number of aliphatic hydroxyl groups is 1. The lowest BCUT2D eigenvalue weighted by atomic mass is 10.0. The van der Waals surface area contributed by atoms with Crippen LogP contribution in [0.2, 0.25) is 0 Å². The summed E-state index contributed by atoms with van der Waals surface area (Å²) in [6.45, 7) is 5.91. The summed E-state index contributed by atoms with van der Waals surface area (Å²) in [4.78, 5) is 22.4. The molecule has 0 fully saturated rings. The van der Waals surface area contributed by atoms with E-state index in [9.17, 15) is 20.0 Å². The van der Waals surface area contributed by atoms with Gasteiger partial charge in [-0.2, -0.15) is 0 Å². The number of hydrogen-bond donors (Lipinski definition) is 3. The lowest BCUT2D eigenvalue weighted by molar-refractivity contribution is -0.384. The van der Waals surface area contributed by atoms with Crippen LogP contribution < -0.4 is 10.6 Å². The van der Waals surface area contributed by atoms with E-state index in [4.69, 9.17) is 0 Å². The lowest BCUT2D eigenvalue weighted by Gasteiger charge is -2.21. The molecule has 0 bridgehead atoms. The Morgan fingerprint density at radius 3 is 2.57 bits per heavy atom. The van der Waals surface area contributed by atoms with Crippen molar-refractivity contribution in [1.29, 1.82) is 0 Å². The van der Waals surface area contributed by atoms with Crippen molar-refractivity contribution in [3.8, 4) is 0 Å². The van der Waals surface area contributed by atoms with Crippen LogP contribution in [0.3, 0.4) is 0 Å². The molecule has 3 N–H and O–H groups in total. The van der Waals surface area contributed by atoms with Crippen molar-refractivity contribution < 1.29 is 14.8 Å². The number of nitrogens with one attached hydrogen (secondary N) is 2. The van der Waals surface area contributed by atoms with Crippen molar-refractivity contribution in [2.75, 3.05) is 18.5 Å². The smallest absolute Gasteiger partial charge is 0.292 e. The molecule has 1 atom stereocenters. The minimum atomic E-state index is -0.515. The van der Waals surface area contributed by atoms with Gasteiger partial charge in [0.1, 0.15) is 5.69 Å². The highest BCUT2D eigenvalue weighted by Crippen LogP contribution is 2.27. The molecule has 21 heavy (non-hydrogen) atoms. The number of aliphatic hydroxyl groups excluding tert-OH is 1. The van der Waals surface area contributed by atoms with E-state index in [0.717, 1.165) is 0 Å². The number of rotatable bonds is 7. The van der Waals surface area contributed by atoms with Crippen LogP contribution in [0, 0.1) is 16.0 Å². The Labute approximate surface area is 123 Å². The zero-order valence-corrected chi connectivity index (χ0v) is 12.4. The maximum atomic E-state index is 11.8. The van der Waals surface area contributed by atoms with Gasteiger partial charge in [-0.05, 0) is 25.0 Å². The zero-order valence-electron chi connectivity index (χ0n) is 12.4. The summed E-state index contributed by atoms with van der Waals surface area (Å²) in [5, 5.41) is 26.0. The summed E-state index contributed by atoms with van der Waals surface area (Å²) < 4.78 is 0. The molecule has 1 aromatic carbocycles. The number of benzene rings is 1. The fraction of sp³-hybridized carbons (Fsp3) is 0.500. The molecule has 0 radical (unpaired) electrons. The van der Waals surface area contributed by atoms with Gasteiger partial charge in [-0.3, -0.25) is 14.9 Å². The summed E-state index contributed by atoms with van der Waals surface area (Å²) in [7, 11) is 0. The topological polar surface area (TPSA) is 104 Å². The van der Waals surface area contributed by atoms with Gasteiger partial charge in [-0.15, -0.1) is 0 Å². The van der Waals surface area contributed by atoms with Gasteiger partial charge >= 0.3 is 0 Å². The Kier molecular flexibility index (Phi) is 6.10. The molecule has 1 aromatic rings. The molecule has 116 valence electrons. The number of anilines is 1. The monoisotopic (exact) mass is 295 g/mol. The van der Waals surface area contributed by atoms with Crippen LogP contribution in [-0.4, -0.2) is 35.1 Å². The molecule has 1 rings (SSSR count). The Morgan fingerprint density at radius 2 is 2.10 bits per heavy atom. The summed E-state index contributed by atoms with van der Waals surface area (Å²) in [6, 6.07) is 3.82. The minimum Gasteiger partial charge on any atom is -0.394 e. The zero-order chi connectivity index (χ0) is 16.0. The molecule has 0 spiro atoms. The lowest BCUT2D eigenvalue weighted by Crippen LogP contribution is -2.30. The highest BCUT2D eigenvalue weighted by atomic mass is 16.6. The predicted molar refractivity (Wildman–Crippen MR) is 80.4 cm³/mol. The second kappa shape index (κ2) is 7.58. The first-order chi connectivity index (χ1) is 9.90. The van der Waals surface area contributed by atoms with Gasteiger partial charge in [-0.1, -0.05) is 13.8 Å². The van der Waals surface area contributed by atoms with Gasteiger partial charge in [0.25, 0.3) is 11.6 Å². The molecular weight excluding hydrogens is 274 g/mol. The molecule has 0 heterocycles. The fourth-order valence-electron chi connectivity index (χ4n) is 1.84. The van der Waals surface area contributed by atoms with E-state index >= 15 is 0 Å². The van der Waals surface area contributed by atoms with Gasteiger partial charge in [0.2, 0.25) is 0 Å². The van der Waals surface area contributed by atoms with E-state index in [0.29, 0.717) is 12.1 Å². The van der Waals surface area contributed by atoms with Gasteiger partial charge in [0, 0.05) is 18.2 Å². The highest BCUT2D eigenvalue weighted by molar-refractivity contribution is 5.95. The predicted octanol–water partition coefficient (Wildman–Crippen LogP) is 1.77. The maximum Gasteiger partial charge on any atom is 0.292 e. The first-order valence-electron chi connectivity index (χ1n) is 6.84. The van der Waals surface area contributed by atoms with E-state index in [-0.39, 0.29) is 35.8 Å². The number of hydrogen-bond acceptors (Lipinski definition) is 5. The standard InChI is InChI=1S/C14H21N3O4/c1-4-15-14(19)10-5-6-13(17(20)21)11(7-10)16-12(8-18)9(2)3/h5-7,9,12,16,18H,4,8H2,1-3H3,(H,15,19). The van der Waals surface area contributed by atoms with E-state index in [1.807, 2.05) is 13.8 Å². The number of nitrogens with zero attached hydrogens (tertiary/aromatic N) is 1. The number of carbonyl (C=O) groups excluding carboxylic acids is 1. The van der Waals surface area contributed by atoms with Gasteiger partial charge < -0.3 is 15.7 Å². The molecule has 1 unspecified atom stereocenters. The molecule has 7 nitrogen and oxygen atoms in total. The number of nitro benzene ring substituents is 1. The Morgan fingerprint density at radius 1 is 1.43 bits per heavy atom. The van der Waals surface area contributed by atoms with Crippen LogP contribution in [0.25, 0.3) is 0 Å². The minimum absolute atomic E-state index is 0.0859. The van der Waals surface area contributed by atoms with E-state index in [2.05, 4.69) is 10.6 Å². The van der Waals surface area contributed by atoms with Crippen molar-refractivity contribution in [2.45, 2.75) is 26.8 Å². The van der Waals surface area contributed by atoms with Crippen LogP contribution in [0.15, 0.2) is 18.2 Å². The first-order valence-corrected chi connectivity index (χ1v) is 6.84. The average molecular weight is 295 g/mol. The molecule has 0 aromatic heterocycles. The largest absolute Gasteiger partial charge is 0.394 e. The molecule has 0 saturated carbocycles. The van der Waals surface area contributed by atoms with Crippen LogP contribution in [0.5, 0.6) is 0 Å². The second-order valence-electron chi connectivity index (χ2n) is 5.03. The summed E-state index contributed by atoms with van der Waals surface area (Å²) in [5.41, 5.74) is 0.448. The van der Waals surface area contributed by atoms with E-state index in [1.165, 1.54) is 18.2 Å². The third-order valence-electron chi connectivity index (χ3n) is 3.14. The highest BCUT2D eigenvalue weighted by Gasteiger charge is 2.20. The quantitative estimate of drug-likeness (QED) is 0.525. The van der Waals surface area contributed by atoms with Gasteiger partial charge in [0.15, 0.2) is 0 Å². The molecule has 0 saturated heterocycles. The van der Waals surface area contributed by atoms with Crippen LogP contribution >= 0.6 is 0 Å². The van der Waals surface area contributed by atoms with E-state index < -0.39 is 4.92 Å². The number of nitro groups is 1. The third kappa shape index (κ3) is 4.42. The van der Waals surface area contributed by atoms with Crippen LogP contribution in [0.1, 0.15) is 31.1 Å². The number of carbonyl (C=O) groups is 1. The van der Waals surface area contributed by atoms with Crippen molar-refractivity contribution in [2.24, 2.45) is 5.92 Å². The Bertz CT molecular complexity index is 517. The molecule has 7 heteroatoms. The average Bonchev–Trinajstić information content (AvgIpc) is 2.44. The normalized spacial score (nSPS) is 12.0. The Hall–Kier alpha value is -2.15. The fourth-order valence-corrected chi connectivity index (χ4v) is 1.84. The van der Waals surface area contributed by atoms with Crippen molar-refractivity contribution in [3.05, 3.63) is 33.9 Å². The molecular formula is C14H21N3O4. The van der Waals surface area contributed by atoms with Crippen LogP contribution in [-0.2, 0) is 0 Å². The third-order valence-corrected chi connectivity index (χ3v) is 3.14. The van der Waals surface area contributed by atoms with Crippen molar-refractivity contribution >= 4 is 17.3 Å². The maximum absolute atomic E-state index is 11.8. The summed E-state index contributed by atoms with van der Waals surface area (Å²) in [6.07, 6.45) is 0. The molecule has 0 aliphatic heterocycles. The van der Waals surface area contributed by atoms with Gasteiger partial charge in [-0.25, -0.2) is 0 Å².